The van der Waals surface area contributed by atoms with Gasteiger partial charge in [0.25, 0.3) is 5.91 Å². The molecular formula is C21H18Br2FNO4. The van der Waals surface area contributed by atoms with E-state index in [1.165, 1.54) is 6.07 Å². The number of hydrogen-bond donors (Lipinski definition) is 2. The first-order chi connectivity index (χ1) is 13.8. The average molecular weight is 527 g/mol. The molecule has 0 aliphatic heterocycles. The van der Waals surface area contributed by atoms with Gasteiger partial charge < -0.3 is 15.2 Å². The van der Waals surface area contributed by atoms with Crippen LogP contribution in [0.5, 0.6) is 5.75 Å². The Hall–Kier alpha value is -2.19. The van der Waals surface area contributed by atoms with E-state index in [0.717, 1.165) is 0 Å². The molecule has 2 aromatic rings. The molecule has 29 heavy (non-hydrogen) atoms. The van der Waals surface area contributed by atoms with E-state index in [0.29, 0.717) is 56.3 Å². The largest absolute Gasteiger partial charge is 0.487 e. The predicted molar refractivity (Wildman–Crippen MR) is 114 cm³/mol. The van der Waals surface area contributed by atoms with Crippen molar-refractivity contribution in [2.75, 3.05) is 5.32 Å². The van der Waals surface area contributed by atoms with E-state index in [4.69, 9.17) is 4.74 Å². The standard InChI is InChI=1S/C21H18Br2FNO4/c1-11-5-6-12(7-18(11)24)10-29-19-16(22)8-13(9-17(19)23)25-20(26)14-3-2-4-15(14)21(27)28/h5-9H,2-4,10H2,1H3,(H,25,26)(H,27,28). The van der Waals surface area contributed by atoms with Crippen molar-refractivity contribution in [3.05, 3.63) is 67.4 Å². The number of aryl methyl sites for hydroxylation is 1. The number of benzene rings is 2. The molecule has 0 saturated carbocycles. The Bertz CT molecular complexity index is 997. The van der Waals surface area contributed by atoms with Crippen molar-refractivity contribution in [1.82, 2.24) is 0 Å². The van der Waals surface area contributed by atoms with Crippen LogP contribution in [0.25, 0.3) is 0 Å². The molecule has 3 rings (SSSR count). The zero-order valence-electron chi connectivity index (χ0n) is 15.5. The first-order valence-electron chi connectivity index (χ1n) is 8.89. The van der Waals surface area contributed by atoms with E-state index in [2.05, 4.69) is 37.2 Å². The molecule has 1 aliphatic rings. The van der Waals surface area contributed by atoms with E-state index in [1.54, 1.807) is 31.2 Å². The highest BCUT2D eigenvalue weighted by molar-refractivity contribution is 9.11. The summed E-state index contributed by atoms with van der Waals surface area (Å²) in [5.74, 6) is -1.24. The van der Waals surface area contributed by atoms with E-state index < -0.39 is 11.9 Å². The SMILES string of the molecule is Cc1ccc(COc2c(Br)cc(NC(=O)C3=C(C(=O)O)CCC3)cc2Br)cc1F. The van der Waals surface area contributed by atoms with Gasteiger partial charge in [0.05, 0.1) is 8.95 Å². The van der Waals surface area contributed by atoms with Crippen molar-refractivity contribution in [1.29, 1.82) is 0 Å². The second-order valence-electron chi connectivity index (χ2n) is 6.71. The minimum absolute atomic E-state index is 0.172. The Balaban J connectivity index is 1.73. The van der Waals surface area contributed by atoms with Gasteiger partial charge in [-0.3, -0.25) is 4.79 Å². The van der Waals surface area contributed by atoms with Gasteiger partial charge in [0, 0.05) is 16.8 Å². The van der Waals surface area contributed by atoms with E-state index >= 15 is 0 Å². The fourth-order valence-electron chi connectivity index (χ4n) is 3.09. The van der Waals surface area contributed by atoms with Gasteiger partial charge in [-0.15, -0.1) is 0 Å². The maximum absolute atomic E-state index is 13.7. The van der Waals surface area contributed by atoms with Crippen molar-refractivity contribution in [3.8, 4) is 5.75 Å². The predicted octanol–water partition coefficient (Wildman–Crippen LogP) is 5.74. The van der Waals surface area contributed by atoms with Crippen molar-refractivity contribution < 1.29 is 23.8 Å². The molecule has 0 unspecified atom stereocenters. The molecule has 0 spiro atoms. The zero-order chi connectivity index (χ0) is 21.1. The lowest BCUT2D eigenvalue weighted by molar-refractivity contribution is -0.133. The molecule has 2 aromatic carbocycles. The van der Waals surface area contributed by atoms with E-state index in [-0.39, 0.29) is 18.0 Å². The molecular weight excluding hydrogens is 509 g/mol. The van der Waals surface area contributed by atoms with Crippen molar-refractivity contribution in [3.63, 3.8) is 0 Å². The number of carboxylic acid groups (broad SMARTS) is 1. The summed E-state index contributed by atoms with van der Waals surface area (Å²) in [6.45, 7) is 1.87. The number of anilines is 1. The van der Waals surface area contributed by atoms with Gasteiger partial charge in [0.15, 0.2) is 0 Å². The molecule has 0 fully saturated rings. The molecule has 5 nitrogen and oxygen atoms in total. The first kappa shape index (κ1) is 21.5. The number of carbonyl (C=O) groups is 2. The van der Waals surface area contributed by atoms with Crippen LogP contribution >= 0.6 is 31.9 Å². The summed E-state index contributed by atoms with van der Waals surface area (Å²) in [7, 11) is 0. The van der Waals surface area contributed by atoms with Gasteiger partial charge in [-0.05, 0) is 87.4 Å². The molecule has 152 valence electrons. The van der Waals surface area contributed by atoms with Crippen LogP contribution in [-0.2, 0) is 16.2 Å². The number of amides is 1. The Morgan fingerprint density at radius 2 is 1.79 bits per heavy atom. The molecule has 2 N–H and O–H groups in total. The molecule has 0 heterocycles. The van der Waals surface area contributed by atoms with Crippen LogP contribution in [0.3, 0.4) is 0 Å². The lowest BCUT2D eigenvalue weighted by atomic mass is 10.1. The second-order valence-corrected chi connectivity index (χ2v) is 8.42. The minimum Gasteiger partial charge on any atom is -0.487 e. The number of aliphatic carboxylic acids is 1. The summed E-state index contributed by atoms with van der Waals surface area (Å²) in [4.78, 5) is 23.7. The number of halogens is 3. The average Bonchev–Trinajstić information content (AvgIpc) is 3.14. The van der Waals surface area contributed by atoms with Crippen LogP contribution in [-0.4, -0.2) is 17.0 Å². The Morgan fingerprint density at radius 1 is 1.14 bits per heavy atom. The summed E-state index contributed by atoms with van der Waals surface area (Å²) in [6, 6.07) is 8.26. The van der Waals surface area contributed by atoms with Gasteiger partial charge in [-0.2, -0.15) is 0 Å². The number of nitrogens with one attached hydrogen (secondary N) is 1. The van der Waals surface area contributed by atoms with E-state index in [9.17, 15) is 19.1 Å². The summed E-state index contributed by atoms with van der Waals surface area (Å²) >= 11 is 6.84. The van der Waals surface area contributed by atoms with Gasteiger partial charge >= 0.3 is 5.97 Å². The highest BCUT2D eigenvalue weighted by Crippen LogP contribution is 2.37. The number of carbonyl (C=O) groups excluding carboxylic acids is 1. The smallest absolute Gasteiger partial charge is 0.332 e. The van der Waals surface area contributed by atoms with Crippen LogP contribution in [0.15, 0.2) is 50.4 Å². The Kier molecular flexibility index (Phi) is 6.74. The molecule has 0 saturated heterocycles. The van der Waals surface area contributed by atoms with Crippen LogP contribution in [0.2, 0.25) is 0 Å². The summed E-state index contributed by atoms with van der Waals surface area (Å²) < 4.78 is 20.7. The summed E-state index contributed by atoms with van der Waals surface area (Å²) in [5, 5.41) is 12.0. The lowest BCUT2D eigenvalue weighted by Gasteiger charge is -2.14. The normalized spacial score (nSPS) is 13.5. The molecule has 0 bridgehead atoms. The van der Waals surface area contributed by atoms with Gasteiger partial charge in [0.2, 0.25) is 0 Å². The number of ether oxygens (including phenoxy) is 1. The maximum atomic E-state index is 13.7. The molecule has 1 amide bonds. The van der Waals surface area contributed by atoms with Crippen LogP contribution in [0.4, 0.5) is 10.1 Å². The topological polar surface area (TPSA) is 75.6 Å². The highest BCUT2D eigenvalue weighted by Gasteiger charge is 2.25. The molecule has 0 atom stereocenters. The first-order valence-corrected chi connectivity index (χ1v) is 10.5. The molecule has 1 aliphatic carbocycles. The lowest BCUT2D eigenvalue weighted by Crippen LogP contribution is -2.16. The van der Waals surface area contributed by atoms with Crippen LogP contribution in [0, 0.1) is 12.7 Å². The third-order valence-corrected chi connectivity index (χ3v) is 5.80. The van der Waals surface area contributed by atoms with Crippen LogP contribution in [0.1, 0.15) is 30.4 Å². The molecule has 0 aromatic heterocycles. The fraction of sp³-hybridized carbons (Fsp3) is 0.238. The Morgan fingerprint density at radius 3 is 2.41 bits per heavy atom. The Labute approximate surface area is 184 Å². The third-order valence-electron chi connectivity index (χ3n) is 4.63. The number of carboxylic acids is 1. The minimum atomic E-state index is -1.05. The summed E-state index contributed by atoms with van der Waals surface area (Å²) in [5.41, 5.74) is 2.24. The third kappa shape index (κ3) is 5.05. The van der Waals surface area contributed by atoms with Crippen molar-refractivity contribution >= 4 is 49.4 Å². The van der Waals surface area contributed by atoms with Gasteiger partial charge in [-0.25, -0.2) is 9.18 Å². The molecule has 0 radical (unpaired) electrons. The highest BCUT2D eigenvalue weighted by atomic mass is 79.9. The van der Waals surface area contributed by atoms with Crippen molar-refractivity contribution in [2.24, 2.45) is 0 Å². The van der Waals surface area contributed by atoms with Gasteiger partial charge in [0.1, 0.15) is 18.2 Å². The second kappa shape index (κ2) is 9.09. The monoisotopic (exact) mass is 525 g/mol. The summed E-state index contributed by atoms with van der Waals surface area (Å²) in [6.07, 6.45) is 1.51. The fourth-order valence-corrected chi connectivity index (χ4v) is 4.50. The van der Waals surface area contributed by atoms with Crippen LogP contribution < -0.4 is 10.1 Å². The molecule has 8 heteroatoms. The number of rotatable bonds is 6. The zero-order valence-corrected chi connectivity index (χ0v) is 18.7. The number of hydrogen-bond acceptors (Lipinski definition) is 3. The maximum Gasteiger partial charge on any atom is 0.332 e. The van der Waals surface area contributed by atoms with Gasteiger partial charge in [-0.1, -0.05) is 12.1 Å². The van der Waals surface area contributed by atoms with Crippen molar-refractivity contribution in [2.45, 2.75) is 32.8 Å². The van der Waals surface area contributed by atoms with E-state index in [1.807, 2.05) is 0 Å². The quantitative estimate of drug-likeness (QED) is 0.503.